The Balaban J connectivity index is 3.19. The van der Waals surface area contributed by atoms with E-state index in [2.05, 4.69) is 15.9 Å². The summed E-state index contributed by atoms with van der Waals surface area (Å²) in [4.78, 5) is 0. The maximum atomic E-state index is 10.8. The van der Waals surface area contributed by atoms with Crippen LogP contribution in [0.5, 0.6) is 5.75 Å². The number of benzene rings is 1. The van der Waals surface area contributed by atoms with Gasteiger partial charge in [0, 0.05) is 16.2 Å². The van der Waals surface area contributed by atoms with Gasteiger partial charge in [0.2, 0.25) is 9.05 Å². The quantitative estimate of drug-likeness (QED) is 0.854. The number of halogens is 2. The van der Waals surface area contributed by atoms with E-state index in [9.17, 15) is 13.5 Å². The van der Waals surface area contributed by atoms with Crippen LogP contribution in [0.1, 0.15) is 11.1 Å². The number of phenolic OH excluding ortho intramolecular Hbond substituents is 1. The van der Waals surface area contributed by atoms with Crippen LogP contribution in [-0.2, 0) is 14.8 Å². The third-order valence-corrected chi connectivity index (χ3v) is 3.70. The molecule has 0 bridgehead atoms. The van der Waals surface area contributed by atoms with E-state index >= 15 is 0 Å². The molecule has 0 atom stereocenters. The maximum Gasteiger partial charge on any atom is 0.236 e. The van der Waals surface area contributed by atoms with Crippen LogP contribution in [0.15, 0.2) is 16.6 Å². The minimum atomic E-state index is -3.64. The summed E-state index contributed by atoms with van der Waals surface area (Å²) < 4.78 is 22.1. The number of aromatic hydroxyl groups is 1. The largest absolute Gasteiger partial charge is 0.506 e. The molecule has 78 valence electrons. The SMILES string of the molecule is Cc1ccc(CS(=O)(=O)Cl)c(O)c1Br. The third-order valence-electron chi connectivity index (χ3n) is 1.72. The van der Waals surface area contributed by atoms with Crippen molar-refractivity contribution in [3.05, 3.63) is 27.7 Å². The number of phenols is 1. The summed E-state index contributed by atoms with van der Waals surface area (Å²) in [6.45, 7) is 1.79. The highest BCUT2D eigenvalue weighted by Gasteiger charge is 2.13. The van der Waals surface area contributed by atoms with Gasteiger partial charge in [-0.1, -0.05) is 12.1 Å². The van der Waals surface area contributed by atoms with Crippen molar-refractivity contribution in [2.45, 2.75) is 12.7 Å². The monoisotopic (exact) mass is 298 g/mol. The van der Waals surface area contributed by atoms with Crippen LogP contribution in [0.25, 0.3) is 0 Å². The van der Waals surface area contributed by atoms with Gasteiger partial charge in [-0.3, -0.25) is 0 Å². The van der Waals surface area contributed by atoms with Crippen molar-refractivity contribution in [2.75, 3.05) is 0 Å². The van der Waals surface area contributed by atoms with Gasteiger partial charge in [-0.05, 0) is 28.4 Å². The molecule has 0 saturated carbocycles. The van der Waals surface area contributed by atoms with Crippen LogP contribution in [0.2, 0.25) is 0 Å². The van der Waals surface area contributed by atoms with Gasteiger partial charge in [0.25, 0.3) is 0 Å². The van der Waals surface area contributed by atoms with E-state index in [4.69, 9.17) is 10.7 Å². The average Bonchev–Trinajstić information content (AvgIpc) is 2.04. The zero-order valence-corrected chi connectivity index (χ0v) is 10.4. The van der Waals surface area contributed by atoms with Gasteiger partial charge < -0.3 is 5.11 Å². The molecular weight excluding hydrogens is 292 g/mol. The molecule has 0 amide bonds. The van der Waals surface area contributed by atoms with Crippen LogP contribution in [0, 0.1) is 6.92 Å². The van der Waals surface area contributed by atoms with Crippen molar-refractivity contribution in [2.24, 2.45) is 0 Å². The van der Waals surface area contributed by atoms with Gasteiger partial charge >= 0.3 is 0 Å². The highest BCUT2D eigenvalue weighted by atomic mass is 79.9. The lowest BCUT2D eigenvalue weighted by molar-refractivity contribution is 0.466. The van der Waals surface area contributed by atoms with E-state index < -0.39 is 9.05 Å². The molecule has 1 aromatic rings. The summed E-state index contributed by atoms with van der Waals surface area (Å²) in [5.41, 5.74) is 1.12. The van der Waals surface area contributed by atoms with Gasteiger partial charge in [0.15, 0.2) is 0 Å². The Kier molecular flexibility index (Phi) is 3.44. The number of hydrogen-bond acceptors (Lipinski definition) is 3. The van der Waals surface area contributed by atoms with Crippen LogP contribution in [-0.4, -0.2) is 13.5 Å². The highest BCUT2D eigenvalue weighted by molar-refractivity contribution is 9.10. The lowest BCUT2D eigenvalue weighted by Crippen LogP contribution is -1.96. The molecule has 0 aliphatic carbocycles. The van der Waals surface area contributed by atoms with Crippen molar-refractivity contribution in [3.63, 3.8) is 0 Å². The molecule has 0 aromatic heterocycles. The molecule has 0 saturated heterocycles. The van der Waals surface area contributed by atoms with Crippen molar-refractivity contribution in [1.82, 2.24) is 0 Å². The Labute approximate surface area is 95.3 Å². The highest BCUT2D eigenvalue weighted by Crippen LogP contribution is 2.32. The van der Waals surface area contributed by atoms with E-state index in [0.29, 0.717) is 4.47 Å². The molecular formula is C8H8BrClO3S. The Hall–Kier alpha value is -0.260. The van der Waals surface area contributed by atoms with Crippen LogP contribution in [0.3, 0.4) is 0 Å². The Morgan fingerprint density at radius 1 is 1.50 bits per heavy atom. The Morgan fingerprint density at radius 2 is 2.07 bits per heavy atom. The maximum absolute atomic E-state index is 10.8. The molecule has 6 heteroatoms. The summed E-state index contributed by atoms with van der Waals surface area (Å²) >= 11 is 3.15. The van der Waals surface area contributed by atoms with E-state index in [1.807, 2.05) is 0 Å². The number of rotatable bonds is 2. The van der Waals surface area contributed by atoms with Crippen molar-refractivity contribution in [1.29, 1.82) is 0 Å². The Morgan fingerprint density at radius 3 is 2.57 bits per heavy atom. The normalized spacial score (nSPS) is 11.6. The first-order chi connectivity index (χ1) is 6.31. The second-order valence-electron chi connectivity index (χ2n) is 2.89. The molecule has 0 fully saturated rings. The predicted molar refractivity (Wildman–Crippen MR) is 59.0 cm³/mol. The standard InChI is InChI=1S/C8H8BrClO3S/c1-5-2-3-6(4-14(10,12)13)8(11)7(5)9/h2-3,11H,4H2,1H3. The van der Waals surface area contributed by atoms with Gasteiger partial charge in [0.05, 0.1) is 10.2 Å². The van der Waals surface area contributed by atoms with Gasteiger partial charge in [0.1, 0.15) is 5.75 Å². The first-order valence-corrected chi connectivity index (χ1v) is 6.97. The first-order valence-electron chi connectivity index (χ1n) is 3.70. The molecule has 0 radical (unpaired) electrons. The smallest absolute Gasteiger partial charge is 0.236 e. The second-order valence-corrected chi connectivity index (χ2v) is 6.46. The van der Waals surface area contributed by atoms with E-state index in [-0.39, 0.29) is 17.1 Å². The van der Waals surface area contributed by atoms with Crippen molar-refractivity contribution >= 4 is 35.7 Å². The van der Waals surface area contributed by atoms with E-state index in [1.165, 1.54) is 6.07 Å². The fraction of sp³-hybridized carbons (Fsp3) is 0.250. The van der Waals surface area contributed by atoms with Crippen LogP contribution < -0.4 is 0 Å². The van der Waals surface area contributed by atoms with Crippen LogP contribution in [0.4, 0.5) is 0 Å². The fourth-order valence-electron chi connectivity index (χ4n) is 1.01. The third kappa shape index (κ3) is 2.87. The lowest BCUT2D eigenvalue weighted by Gasteiger charge is -2.06. The van der Waals surface area contributed by atoms with Crippen molar-refractivity contribution < 1.29 is 13.5 Å². The lowest BCUT2D eigenvalue weighted by atomic mass is 10.1. The summed E-state index contributed by atoms with van der Waals surface area (Å²) in [7, 11) is 1.44. The topological polar surface area (TPSA) is 54.4 Å². The van der Waals surface area contributed by atoms with Gasteiger partial charge in [-0.25, -0.2) is 8.42 Å². The molecule has 1 N–H and O–H groups in total. The molecule has 0 spiro atoms. The molecule has 3 nitrogen and oxygen atoms in total. The van der Waals surface area contributed by atoms with Crippen LogP contribution >= 0.6 is 26.6 Å². The molecule has 0 aliphatic heterocycles. The minimum Gasteiger partial charge on any atom is -0.506 e. The molecule has 1 rings (SSSR count). The molecule has 0 heterocycles. The predicted octanol–water partition coefficient (Wildman–Crippen LogP) is 2.53. The second kappa shape index (κ2) is 4.08. The van der Waals surface area contributed by atoms with E-state index in [0.717, 1.165) is 5.56 Å². The summed E-state index contributed by atoms with van der Waals surface area (Å²) in [6, 6.07) is 3.25. The summed E-state index contributed by atoms with van der Waals surface area (Å²) in [5, 5.41) is 9.57. The zero-order valence-electron chi connectivity index (χ0n) is 7.29. The van der Waals surface area contributed by atoms with E-state index in [1.54, 1.807) is 13.0 Å². The van der Waals surface area contributed by atoms with Crippen molar-refractivity contribution in [3.8, 4) is 5.75 Å². The Bertz CT molecular complexity index is 456. The fourth-order valence-corrected chi connectivity index (χ4v) is 2.35. The average molecular weight is 300 g/mol. The molecule has 1 aromatic carbocycles. The minimum absolute atomic E-state index is 0.0748. The number of hydrogen-bond donors (Lipinski definition) is 1. The molecule has 0 unspecified atom stereocenters. The van der Waals surface area contributed by atoms with Gasteiger partial charge in [-0.2, -0.15) is 0 Å². The summed E-state index contributed by atoms with van der Waals surface area (Å²) in [5.74, 6) is -0.451. The summed E-state index contributed by atoms with van der Waals surface area (Å²) in [6.07, 6.45) is 0. The zero-order chi connectivity index (χ0) is 10.9. The first kappa shape index (κ1) is 11.8. The molecule has 0 aliphatic rings. The molecule has 14 heavy (non-hydrogen) atoms. The number of aryl methyl sites for hydroxylation is 1. The van der Waals surface area contributed by atoms with Gasteiger partial charge in [-0.15, -0.1) is 0 Å².